The average Bonchev–Trinajstić information content (AvgIpc) is 2.95. The number of benzene rings is 2. The van der Waals surface area contributed by atoms with Gasteiger partial charge >= 0.3 is 11.9 Å². The van der Waals surface area contributed by atoms with Gasteiger partial charge in [-0.2, -0.15) is 0 Å². The van der Waals surface area contributed by atoms with Crippen molar-refractivity contribution in [1.29, 1.82) is 0 Å². The molecule has 3 rings (SSSR count). The molecule has 0 spiro atoms. The molecule has 3 aromatic rings. The standard InChI is InChI=1S/C19H17NO4/c1-23-18(21)16-14-10-6-7-11-15(14)17(19(22)24-2)20(16)12-13-8-4-3-5-9-13/h3-11H,12H2,1-2H3. The molecule has 5 heteroatoms. The van der Waals surface area contributed by atoms with Gasteiger partial charge in [-0.05, 0) is 5.56 Å². The van der Waals surface area contributed by atoms with E-state index in [4.69, 9.17) is 9.47 Å². The topological polar surface area (TPSA) is 57.5 Å². The van der Waals surface area contributed by atoms with E-state index in [0.29, 0.717) is 28.7 Å². The summed E-state index contributed by atoms with van der Waals surface area (Å²) in [6.45, 7) is 0.365. The molecule has 2 aromatic carbocycles. The Hall–Kier alpha value is -3.08. The van der Waals surface area contributed by atoms with Gasteiger partial charge in [-0.25, -0.2) is 9.59 Å². The maximum atomic E-state index is 12.4. The van der Waals surface area contributed by atoms with Crippen molar-refractivity contribution in [2.75, 3.05) is 14.2 Å². The molecule has 0 unspecified atom stereocenters. The Morgan fingerprint density at radius 1 is 0.792 bits per heavy atom. The summed E-state index contributed by atoms with van der Waals surface area (Å²) in [7, 11) is 2.66. The highest BCUT2D eigenvalue weighted by atomic mass is 16.5. The average molecular weight is 323 g/mol. The highest BCUT2D eigenvalue weighted by Gasteiger charge is 2.26. The van der Waals surface area contributed by atoms with E-state index < -0.39 is 11.9 Å². The third-order valence-electron chi connectivity index (χ3n) is 3.92. The molecule has 1 heterocycles. The molecule has 0 aliphatic rings. The van der Waals surface area contributed by atoms with Crippen molar-refractivity contribution < 1.29 is 19.1 Å². The molecule has 0 saturated heterocycles. The molecule has 122 valence electrons. The zero-order valence-electron chi connectivity index (χ0n) is 13.5. The quantitative estimate of drug-likeness (QED) is 0.692. The second kappa shape index (κ2) is 6.58. The first kappa shape index (κ1) is 15.8. The van der Waals surface area contributed by atoms with Gasteiger partial charge < -0.3 is 14.0 Å². The van der Waals surface area contributed by atoms with Crippen LogP contribution in [-0.4, -0.2) is 30.7 Å². The zero-order valence-corrected chi connectivity index (χ0v) is 13.5. The second-order valence-electron chi connectivity index (χ2n) is 5.30. The lowest BCUT2D eigenvalue weighted by molar-refractivity contribution is 0.0580. The molecule has 24 heavy (non-hydrogen) atoms. The number of ether oxygens (including phenoxy) is 2. The van der Waals surface area contributed by atoms with Crippen LogP contribution in [0.15, 0.2) is 54.6 Å². The SMILES string of the molecule is COC(=O)c1c2ccccc2c(C(=O)OC)n1Cc1ccccc1. The fourth-order valence-electron chi connectivity index (χ4n) is 2.86. The fraction of sp³-hybridized carbons (Fsp3) is 0.158. The molecule has 5 nitrogen and oxygen atoms in total. The molecule has 0 fully saturated rings. The van der Waals surface area contributed by atoms with E-state index in [1.54, 1.807) is 16.7 Å². The van der Waals surface area contributed by atoms with Crippen LogP contribution in [-0.2, 0) is 16.0 Å². The number of fused-ring (bicyclic) bond motifs is 1. The maximum absolute atomic E-state index is 12.4. The van der Waals surface area contributed by atoms with Crippen LogP contribution in [0.3, 0.4) is 0 Å². The van der Waals surface area contributed by atoms with Crippen LogP contribution in [0, 0.1) is 0 Å². The Kier molecular flexibility index (Phi) is 4.33. The van der Waals surface area contributed by atoms with Gasteiger partial charge in [-0.1, -0.05) is 54.6 Å². The van der Waals surface area contributed by atoms with Crippen molar-refractivity contribution in [2.24, 2.45) is 0 Å². The summed E-state index contributed by atoms with van der Waals surface area (Å²) in [4.78, 5) is 24.7. The van der Waals surface area contributed by atoms with Crippen LogP contribution in [0.4, 0.5) is 0 Å². The maximum Gasteiger partial charge on any atom is 0.355 e. The first-order valence-electron chi connectivity index (χ1n) is 7.49. The van der Waals surface area contributed by atoms with Crippen molar-refractivity contribution >= 4 is 22.7 Å². The first-order chi connectivity index (χ1) is 11.7. The third kappa shape index (κ3) is 2.65. The zero-order chi connectivity index (χ0) is 17.1. The Morgan fingerprint density at radius 2 is 1.25 bits per heavy atom. The summed E-state index contributed by atoms with van der Waals surface area (Å²) in [5.41, 5.74) is 1.66. The highest BCUT2D eigenvalue weighted by Crippen LogP contribution is 2.28. The van der Waals surface area contributed by atoms with Crippen LogP contribution in [0.5, 0.6) is 0 Å². The number of esters is 2. The van der Waals surface area contributed by atoms with Gasteiger partial charge in [0.05, 0.1) is 14.2 Å². The van der Waals surface area contributed by atoms with Crippen molar-refractivity contribution in [2.45, 2.75) is 6.54 Å². The number of carbonyl (C=O) groups is 2. The van der Waals surface area contributed by atoms with Crippen LogP contribution in [0.25, 0.3) is 10.8 Å². The second-order valence-corrected chi connectivity index (χ2v) is 5.30. The largest absolute Gasteiger partial charge is 0.464 e. The minimum atomic E-state index is -0.489. The minimum absolute atomic E-state index is 0.345. The van der Waals surface area contributed by atoms with E-state index in [1.807, 2.05) is 42.5 Å². The normalized spacial score (nSPS) is 10.6. The van der Waals surface area contributed by atoms with Gasteiger partial charge in [0.2, 0.25) is 0 Å². The number of aromatic nitrogens is 1. The molecular weight excluding hydrogens is 306 g/mol. The van der Waals surface area contributed by atoms with Gasteiger partial charge in [-0.15, -0.1) is 0 Å². The number of hydrogen-bond acceptors (Lipinski definition) is 4. The van der Waals surface area contributed by atoms with Crippen molar-refractivity contribution in [1.82, 2.24) is 4.57 Å². The van der Waals surface area contributed by atoms with Gasteiger partial charge in [-0.3, -0.25) is 0 Å². The van der Waals surface area contributed by atoms with Crippen molar-refractivity contribution in [3.05, 3.63) is 71.5 Å². The Bertz CT molecular complexity index is 843. The van der Waals surface area contributed by atoms with Crippen molar-refractivity contribution in [3.63, 3.8) is 0 Å². The van der Waals surface area contributed by atoms with E-state index >= 15 is 0 Å². The molecule has 0 radical (unpaired) electrons. The molecule has 1 aromatic heterocycles. The van der Waals surface area contributed by atoms with Crippen LogP contribution >= 0.6 is 0 Å². The van der Waals surface area contributed by atoms with Crippen LogP contribution < -0.4 is 0 Å². The minimum Gasteiger partial charge on any atom is -0.464 e. The molecular formula is C19H17NO4. The van der Waals surface area contributed by atoms with Gasteiger partial charge in [0, 0.05) is 17.3 Å². The van der Waals surface area contributed by atoms with E-state index in [-0.39, 0.29) is 0 Å². The smallest absolute Gasteiger partial charge is 0.355 e. The third-order valence-corrected chi connectivity index (χ3v) is 3.92. The summed E-state index contributed by atoms with van der Waals surface area (Å²) < 4.78 is 11.5. The predicted molar refractivity (Wildman–Crippen MR) is 90.2 cm³/mol. The fourth-order valence-corrected chi connectivity index (χ4v) is 2.86. The molecule has 0 bridgehead atoms. The number of hydrogen-bond donors (Lipinski definition) is 0. The van der Waals surface area contributed by atoms with E-state index in [9.17, 15) is 9.59 Å². The molecule has 0 aliphatic heterocycles. The van der Waals surface area contributed by atoms with E-state index in [1.165, 1.54) is 14.2 Å². The molecule has 0 aliphatic carbocycles. The Labute approximate surface area is 139 Å². The molecule has 0 atom stereocenters. The van der Waals surface area contributed by atoms with Gasteiger partial charge in [0.15, 0.2) is 0 Å². The lowest BCUT2D eigenvalue weighted by Crippen LogP contribution is -2.17. The molecule has 0 amide bonds. The first-order valence-corrected chi connectivity index (χ1v) is 7.49. The monoisotopic (exact) mass is 323 g/mol. The van der Waals surface area contributed by atoms with E-state index in [0.717, 1.165) is 5.56 Å². The van der Waals surface area contributed by atoms with Gasteiger partial charge in [0.25, 0.3) is 0 Å². The summed E-state index contributed by atoms with van der Waals surface area (Å²) in [6.07, 6.45) is 0. The molecule has 0 saturated carbocycles. The van der Waals surface area contributed by atoms with Crippen molar-refractivity contribution in [3.8, 4) is 0 Å². The number of methoxy groups -OCH3 is 2. The predicted octanol–water partition coefficient (Wildman–Crippen LogP) is 3.26. The highest BCUT2D eigenvalue weighted by molar-refractivity contribution is 6.12. The number of nitrogens with zero attached hydrogens (tertiary/aromatic N) is 1. The van der Waals surface area contributed by atoms with Crippen LogP contribution in [0.2, 0.25) is 0 Å². The summed E-state index contributed by atoms with van der Waals surface area (Å²) in [5.74, 6) is -0.977. The number of carbonyl (C=O) groups excluding carboxylic acids is 2. The summed E-state index contributed by atoms with van der Waals surface area (Å²) >= 11 is 0. The van der Waals surface area contributed by atoms with Gasteiger partial charge in [0.1, 0.15) is 11.4 Å². The Balaban J connectivity index is 2.30. The summed E-state index contributed by atoms with van der Waals surface area (Å²) in [6, 6.07) is 16.9. The van der Waals surface area contributed by atoms with Crippen LogP contribution in [0.1, 0.15) is 26.5 Å². The lowest BCUT2D eigenvalue weighted by atomic mass is 10.1. The van der Waals surface area contributed by atoms with E-state index in [2.05, 4.69) is 0 Å². The lowest BCUT2D eigenvalue weighted by Gasteiger charge is -2.11. The Morgan fingerprint density at radius 3 is 1.71 bits per heavy atom. The summed E-state index contributed by atoms with van der Waals surface area (Å²) in [5, 5.41) is 1.33. The molecule has 0 N–H and O–H groups in total. The number of rotatable bonds is 4.